The largest absolute Gasteiger partial charge is 0.351 e. The third-order valence-electron chi connectivity index (χ3n) is 2.71. The number of hydrogen-bond donors (Lipinski definition) is 2. The standard InChI is InChI=1S/C13H15N7/c14-4-2-6-20(9-11-3-1-5-16-8-11)13-7-12(19-15)17-10-18-13/h1,3,5,7-8,10H,2,6,9,15H2,(H,17,18,19). The summed E-state index contributed by atoms with van der Waals surface area (Å²) in [5.41, 5.74) is 3.53. The van der Waals surface area contributed by atoms with E-state index in [2.05, 4.69) is 26.4 Å². The fraction of sp³-hybridized carbons (Fsp3) is 0.231. The number of nitrogens with one attached hydrogen (secondary N) is 1. The van der Waals surface area contributed by atoms with Gasteiger partial charge in [0.05, 0.1) is 12.5 Å². The summed E-state index contributed by atoms with van der Waals surface area (Å²) >= 11 is 0. The normalized spacial score (nSPS) is 9.80. The maximum atomic E-state index is 8.77. The van der Waals surface area contributed by atoms with Crippen molar-refractivity contribution in [1.29, 1.82) is 5.26 Å². The fourth-order valence-electron chi connectivity index (χ4n) is 1.77. The molecule has 7 nitrogen and oxygen atoms in total. The molecule has 0 saturated carbocycles. The quantitative estimate of drug-likeness (QED) is 0.597. The summed E-state index contributed by atoms with van der Waals surface area (Å²) in [5, 5.41) is 8.77. The number of anilines is 2. The number of nitriles is 1. The van der Waals surface area contributed by atoms with Gasteiger partial charge in [0.2, 0.25) is 0 Å². The third kappa shape index (κ3) is 3.63. The molecule has 0 aliphatic carbocycles. The Morgan fingerprint density at radius 3 is 3.00 bits per heavy atom. The molecule has 0 spiro atoms. The Labute approximate surface area is 117 Å². The van der Waals surface area contributed by atoms with Gasteiger partial charge >= 0.3 is 0 Å². The molecule has 102 valence electrons. The number of nitrogen functional groups attached to an aromatic ring is 1. The van der Waals surface area contributed by atoms with Crippen molar-refractivity contribution >= 4 is 11.6 Å². The highest BCUT2D eigenvalue weighted by Crippen LogP contribution is 2.16. The van der Waals surface area contributed by atoms with Gasteiger partial charge in [0.1, 0.15) is 18.0 Å². The van der Waals surface area contributed by atoms with Crippen molar-refractivity contribution in [3.63, 3.8) is 0 Å². The highest BCUT2D eigenvalue weighted by Gasteiger charge is 2.10. The van der Waals surface area contributed by atoms with Crippen molar-refractivity contribution in [3.8, 4) is 6.07 Å². The molecule has 2 aromatic rings. The van der Waals surface area contributed by atoms with Crippen LogP contribution in [0.3, 0.4) is 0 Å². The minimum Gasteiger partial charge on any atom is -0.351 e. The van der Waals surface area contributed by atoms with Crippen LogP contribution in [0.1, 0.15) is 12.0 Å². The second kappa shape index (κ2) is 7.01. The Bertz CT molecular complexity index is 579. The molecule has 0 unspecified atom stereocenters. The van der Waals surface area contributed by atoms with Crippen molar-refractivity contribution < 1.29 is 0 Å². The lowest BCUT2D eigenvalue weighted by atomic mass is 10.2. The van der Waals surface area contributed by atoms with E-state index >= 15 is 0 Å². The molecule has 20 heavy (non-hydrogen) atoms. The lowest BCUT2D eigenvalue weighted by Gasteiger charge is -2.22. The minimum atomic E-state index is 0.412. The lowest BCUT2D eigenvalue weighted by molar-refractivity contribution is 0.778. The number of nitrogens with zero attached hydrogens (tertiary/aromatic N) is 5. The van der Waals surface area contributed by atoms with Gasteiger partial charge in [-0.15, -0.1) is 0 Å². The Hall–Kier alpha value is -2.72. The lowest BCUT2D eigenvalue weighted by Crippen LogP contribution is -2.25. The predicted octanol–water partition coefficient (Wildman–Crippen LogP) is 1.08. The Kier molecular flexibility index (Phi) is 4.81. The van der Waals surface area contributed by atoms with Crippen LogP contribution < -0.4 is 16.2 Å². The minimum absolute atomic E-state index is 0.412. The molecular formula is C13H15N7. The zero-order valence-corrected chi connectivity index (χ0v) is 10.9. The van der Waals surface area contributed by atoms with Gasteiger partial charge in [-0.3, -0.25) is 4.98 Å². The first kappa shape index (κ1) is 13.7. The summed E-state index contributed by atoms with van der Waals surface area (Å²) in [6.07, 6.45) is 5.37. The number of pyridine rings is 1. The van der Waals surface area contributed by atoms with Crippen LogP contribution in [0.5, 0.6) is 0 Å². The molecule has 2 heterocycles. The van der Waals surface area contributed by atoms with Gasteiger partial charge in [-0.25, -0.2) is 15.8 Å². The molecule has 7 heteroatoms. The van der Waals surface area contributed by atoms with E-state index in [4.69, 9.17) is 11.1 Å². The maximum Gasteiger partial charge on any atom is 0.145 e. The zero-order chi connectivity index (χ0) is 14.2. The van der Waals surface area contributed by atoms with E-state index in [-0.39, 0.29) is 0 Å². The van der Waals surface area contributed by atoms with E-state index in [0.29, 0.717) is 31.1 Å². The molecule has 0 saturated heterocycles. The maximum absolute atomic E-state index is 8.77. The molecule has 0 aliphatic rings. The molecule has 2 rings (SSSR count). The van der Waals surface area contributed by atoms with Crippen LogP contribution in [-0.4, -0.2) is 21.5 Å². The molecule has 0 atom stereocenters. The van der Waals surface area contributed by atoms with Gasteiger partial charge in [-0.2, -0.15) is 5.26 Å². The van der Waals surface area contributed by atoms with Gasteiger partial charge in [0.15, 0.2) is 0 Å². The zero-order valence-electron chi connectivity index (χ0n) is 10.9. The van der Waals surface area contributed by atoms with Crippen LogP contribution in [0.25, 0.3) is 0 Å². The van der Waals surface area contributed by atoms with Crippen LogP contribution in [0.2, 0.25) is 0 Å². The molecule has 2 aromatic heterocycles. The summed E-state index contributed by atoms with van der Waals surface area (Å²) in [5.74, 6) is 6.60. The molecule has 0 amide bonds. The first-order valence-corrected chi connectivity index (χ1v) is 6.13. The van der Waals surface area contributed by atoms with E-state index in [1.807, 2.05) is 17.0 Å². The SMILES string of the molecule is N#CCCN(Cc1cccnc1)c1cc(NN)ncn1. The highest BCUT2D eigenvalue weighted by molar-refractivity contribution is 5.48. The Morgan fingerprint density at radius 1 is 1.40 bits per heavy atom. The van der Waals surface area contributed by atoms with Gasteiger partial charge in [0.25, 0.3) is 0 Å². The third-order valence-corrected chi connectivity index (χ3v) is 2.71. The van der Waals surface area contributed by atoms with Crippen LogP contribution in [0.15, 0.2) is 36.9 Å². The van der Waals surface area contributed by atoms with Gasteiger partial charge in [0, 0.05) is 31.5 Å². The fourth-order valence-corrected chi connectivity index (χ4v) is 1.77. The summed E-state index contributed by atoms with van der Waals surface area (Å²) in [6, 6.07) is 7.75. The second-order valence-corrected chi connectivity index (χ2v) is 4.10. The monoisotopic (exact) mass is 269 g/mol. The van der Waals surface area contributed by atoms with Crippen LogP contribution >= 0.6 is 0 Å². The molecule has 0 aromatic carbocycles. The average Bonchev–Trinajstić information content (AvgIpc) is 2.52. The van der Waals surface area contributed by atoms with Crippen molar-refractivity contribution in [3.05, 3.63) is 42.5 Å². The molecule has 0 bridgehead atoms. The number of hydrogen-bond acceptors (Lipinski definition) is 7. The van der Waals surface area contributed by atoms with Gasteiger partial charge in [-0.1, -0.05) is 6.07 Å². The van der Waals surface area contributed by atoms with Crippen molar-refractivity contribution in [2.24, 2.45) is 5.84 Å². The molecule has 3 N–H and O–H groups in total. The summed E-state index contributed by atoms with van der Waals surface area (Å²) in [6.45, 7) is 1.20. The summed E-state index contributed by atoms with van der Waals surface area (Å²) < 4.78 is 0. The van der Waals surface area contributed by atoms with E-state index < -0.39 is 0 Å². The number of rotatable bonds is 6. The van der Waals surface area contributed by atoms with Gasteiger partial charge < -0.3 is 10.3 Å². The molecular weight excluding hydrogens is 254 g/mol. The topological polar surface area (TPSA) is 104 Å². The van der Waals surface area contributed by atoms with Crippen molar-refractivity contribution in [2.75, 3.05) is 16.9 Å². The Morgan fingerprint density at radius 2 is 2.30 bits per heavy atom. The molecule has 0 radical (unpaired) electrons. The van der Waals surface area contributed by atoms with E-state index in [9.17, 15) is 0 Å². The molecule has 0 aliphatic heterocycles. The smallest absolute Gasteiger partial charge is 0.145 e. The van der Waals surface area contributed by atoms with Crippen LogP contribution in [0, 0.1) is 11.3 Å². The van der Waals surface area contributed by atoms with Crippen molar-refractivity contribution in [1.82, 2.24) is 15.0 Å². The first-order chi connectivity index (χ1) is 9.83. The first-order valence-electron chi connectivity index (χ1n) is 6.13. The van der Waals surface area contributed by atoms with E-state index in [0.717, 1.165) is 5.56 Å². The molecule has 0 fully saturated rings. The van der Waals surface area contributed by atoms with Crippen molar-refractivity contribution in [2.45, 2.75) is 13.0 Å². The van der Waals surface area contributed by atoms with Crippen LogP contribution in [-0.2, 0) is 6.54 Å². The van der Waals surface area contributed by atoms with E-state index in [1.165, 1.54) is 6.33 Å². The predicted molar refractivity (Wildman–Crippen MR) is 75.4 cm³/mol. The average molecular weight is 269 g/mol. The van der Waals surface area contributed by atoms with E-state index in [1.54, 1.807) is 18.5 Å². The number of nitrogens with two attached hydrogens (primary N) is 1. The number of aromatic nitrogens is 3. The van der Waals surface area contributed by atoms with Crippen LogP contribution in [0.4, 0.5) is 11.6 Å². The highest BCUT2D eigenvalue weighted by atomic mass is 15.3. The second-order valence-electron chi connectivity index (χ2n) is 4.10. The van der Waals surface area contributed by atoms with Gasteiger partial charge in [-0.05, 0) is 11.6 Å². The summed E-state index contributed by atoms with van der Waals surface area (Å²) in [7, 11) is 0. The summed E-state index contributed by atoms with van der Waals surface area (Å²) in [4.78, 5) is 14.3. The Balaban J connectivity index is 2.20. The number of hydrazine groups is 1.